The maximum absolute atomic E-state index is 11.9. The molecule has 2 aromatic rings. The first kappa shape index (κ1) is 14.7. The minimum Gasteiger partial charge on any atom is -0.492 e. The van der Waals surface area contributed by atoms with Crippen molar-refractivity contribution < 1.29 is 9.53 Å². The highest BCUT2D eigenvalue weighted by atomic mass is 35.5. The largest absolute Gasteiger partial charge is 0.492 e. The van der Waals surface area contributed by atoms with Crippen LogP contribution in [0.2, 0.25) is 5.02 Å². The number of rotatable bonds is 4. The molecule has 3 nitrogen and oxygen atoms in total. The Labute approximate surface area is 123 Å². The standard InChI is InChI=1S/C16H18ClNO2/c1-5-20-14-7-6-12(8-13(14)17)16-10(3)18-9(2)15(16)11(4)19/h6-8,18H,5H2,1-4H3. The molecule has 20 heavy (non-hydrogen) atoms. The molecule has 1 heterocycles. The molecule has 0 spiro atoms. The van der Waals surface area contributed by atoms with Crippen molar-refractivity contribution in [1.82, 2.24) is 4.98 Å². The molecule has 0 atom stereocenters. The maximum Gasteiger partial charge on any atom is 0.162 e. The number of halogens is 1. The molecule has 0 aliphatic rings. The van der Waals surface area contributed by atoms with Crippen LogP contribution in [0.1, 0.15) is 35.6 Å². The number of aromatic nitrogens is 1. The third-order valence-electron chi connectivity index (χ3n) is 3.25. The monoisotopic (exact) mass is 291 g/mol. The zero-order valence-electron chi connectivity index (χ0n) is 12.1. The first-order valence-corrected chi connectivity index (χ1v) is 6.96. The molecule has 0 saturated heterocycles. The van der Waals surface area contributed by atoms with E-state index in [9.17, 15) is 4.79 Å². The van der Waals surface area contributed by atoms with Crippen LogP contribution < -0.4 is 4.74 Å². The average molecular weight is 292 g/mol. The normalized spacial score (nSPS) is 10.7. The number of Topliss-reactive ketones (excluding diaryl/α,β-unsaturated/α-hetero) is 1. The Morgan fingerprint density at radius 1 is 1.30 bits per heavy atom. The van der Waals surface area contributed by atoms with Crippen molar-refractivity contribution in [3.05, 3.63) is 40.2 Å². The number of ether oxygens (including phenoxy) is 1. The highest BCUT2D eigenvalue weighted by Gasteiger charge is 2.18. The van der Waals surface area contributed by atoms with Crippen molar-refractivity contribution in [2.45, 2.75) is 27.7 Å². The molecule has 0 radical (unpaired) electrons. The summed E-state index contributed by atoms with van der Waals surface area (Å²) in [6, 6.07) is 5.61. The van der Waals surface area contributed by atoms with Crippen LogP contribution in [0.15, 0.2) is 18.2 Å². The van der Waals surface area contributed by atoms with Crippen LogP contribution in [0.4, 0.5) is 0 Å². The molecule has 106 valence electrons. The Kier molecular flexibility index (Phi) is 4.19. The van der Waals surface area contributed by atoms with Crippen molar-refractivity contribution in [2.24, 2.45) is 0 Å². The van der Waals surface area contributed by atoms with E-state index in [-0.39, 0.29) is 5.78 Å². The molecule has 0 unspecified atom stereocenters. The highest BCUT2D eigenvalue weighted by Crippen LogP contribution is 2.35. The smallest absolute Gasteiger partial charge is 0.162 e. The van der Waals surface area contributed by atoms with Crippen LogP contribution in [-0.4, -0.2) is 17.4 Å². The fourth-order valence-electron chi connectivity index (χ4n) is 2.51. The van der Waals surface area contributed by atoms with Crippen molar-refractivity contribution >= 4 is 17.4 Å². The predicted octanol–water partition coefficient (Wildman–Crippen LogP) is 4.55. The number of hydrogen-bond donors (Lipinski definition) is 1. The number of carbonyl (C=O) groups is 1. The summed E-state index contributed by atoms with van der Waals surface area (Å²) in [5, 5.41) is 0.553. The van der Waals surface area contributed by atoms with Gasteiger partial charge in [0.1, 0.15) is 5.75 Å². The lowest BCUT2D eigenvalue weighted by molar-refractivity contribution is 0.101. The Bertz CT molecular complexity index is 659. The molecule has 0 bridgehead atoms. The van der Waals surface area contributed by atoms with E-state index in [1.807, 2.05) is 39.0 Å². The van der Waals surface area contributed by atoms with E-state index < -0.39 is 0 Å². The predicted molar refractivity (Wildman–Crippen MR) is 81.9 cm³/mol. The SMILES string of the molecule is CCOc1ccc(-c2c(C)[nH]c(C)c2C(C)=O)cc1Cl. The van der Waals surface area contributed by atoms with Gasteiger partial charge in [0, 0.05) is 22.5 Å². The van der Waals surface area contributed by atoms with Gasteiger partial charge in [0.15, 0.2) is 5.78 Å². The van der Waals surface area contributed by atoms with E-state index in [1.54, 1.807) is 6.92 Å². The van der Waals surface area contributed by atoms with Gasteiger partial charge < -0.3 is 9.72 Å². The first-order chi connectivity index (χ1) is 9.45. The van der Waals surface area contributed by atoms with Gasteiger partial charge in [-0.25, -0.2) is 0 Å². The molecule has 0 saturated carbocycles. The summed E-state index contributed by atoms with van der Waals surface area (Å²) < 4.78 is 5.43. The Morgan fingerprint density at radius 2 is 2.00 bits per heavy atom. The maximum atomic E-state index is 11.9. The van der Waals surface area contributed by atoms with Crippen molar-refractivity contribution in [3.8, 4) is 16.9 Å². The van der Waals surface area contributed by atoms with E-state index >= 15 is 0 Å². The van der Waals surface area contributed by atoms with Gasteiger partial charge in [-0.05, 0) is 45.4 Å². The summed E-state index contributed by atoms with van der Waals surface area (Å²) in [4.78, 5) is 15.1. The Balaban J connectivity index is 2.57. The fourth-order valence-corrected chi connectivity index (χ4v) is 2.75. The van der Waals surface area contributed by atoms with E-state index in [0.29, 0.717) is 17.4 Å². The topological polar surface area (TPSA) is 42.1 Å². The summed E-state index contributed by atoms with van der Waals surface area (Å²) in [6.07, 6.45) is 0. The lowest BCUT2D eigenvalue weighted by Crippen LogP contribution is -1.96. The number of H-pyrrole nitrogens is 1. The number of nitrogens with one attached hydrogen (secondary N) is 1. The van der Waals surface area contributed by atoms with Crippen LogP contribution >= 0.6 is 11.6 Å². The molecule has 0 amide bonds. The van der Waals surface area contributed by atoms with Crippen molar-refractivity contribution in [2.75, 3.05) is 6.61 Å². The number of hydrogen-bond acceptors (Lipinski definition) is 2. The Morgan fingerprint density at radius 3 is 2.55 bits per heavy atom. The lowest BCUT2D eigenvalue weighted by Gasteiger charge is -2.09. The minimum absolute atomic E-state index is 0.0480. The van der Waals surface area contributed by atoms with Gasteiger partial charge in [0.25, 0.3) is 0 Å². The van der Waals surface area contributed by atoms with Gasteiger partial charge in [0.2, 0.25) is 0 Å². The van der Waals surface area contributed by atoms with E-state index in [1.165, 1.54) is 0 Å². The third kappa shape index (κ3) is 2.59. The molecule has 0 fully saturated rings. The molecule has 0 aliphatic carbocycles. The molecule has 1 aromatic heterocycles. The number of carbonyl (C=O) groups excluding carboxylic acids is 1. The lowest BCUT2D eigenvalue weighted by atomic mass is 9.98. The zero-order chi connectivity index (χ0) is 14.9. The number of aromatic amines is 1. The fraction of sp³-hybridized carbons (Fsp3) is 0.312. The van der Waals surface area contributed by atoms with Crippen LogP contribution in [0, 0.1) is 13.8 Å². The van der Waals surface area contributed by atoms with Crippen molar-refractivity contribution in [1.29, 1.82) is 0 Å². The van der Waals surface area contributed by atoms with Crippen LogP contribution in [0.5, 0.6) is 5.75 Å². The van der Waals surface area contributed by atoms with Gasteiger partial charge in [-0.2, -0.15) is 0 Å². The third-order valence-corrected chi connectivity index (χ3v) is 3.54. The van der Waals surface area contributed by atoms with E-state index in [2.05, 4.69) is 4.98 Å². The van der Waals surface area contributed by atoms with Crippen LogP contribution in [-0.2, 0) is 0 Å². The van der Waals surface area contributed by atoms with E-state index in [4.69, 9.17) is 16.3 Å². The number of benzene rings is 1. The average Bonchev–Trinajstić information content (AvgIpc) is 2.67. The second kappa shape index (κ2) is 5.71. The van der Waals surface area contributed by atoms with Gasteiger partial charge in [0.05, 0.1) is 11.6 Å². The summed E-state index contributed by atoms with van der Waals surface area (Å²) >= 11 is 6.23. The molecular formula is C16H18ClNO2. The quantitative estimate of drug-likeness (QED) is 0.840. The number of aryl methyl sites for hydroxylation is 2. The first-order valence-electron chi connectivity index (χ1n) is 6.58. The van der Waals surface area contributed by atoms with Gasteiger partial charge >= 0.3 is 0 Å². The summed E-state index contributed by atoms with van der Waals surface area (Å²) in [6.45, 7) is 7.93. The van der Waals surface area contributed by atoms with Gasteiger partial charge in [-0.15, -0.1) is 0 Å². The van der Waals surface area contributed by atoms with Crippen LogP contribution in [0.25, 0.3) is 11.1 Å². The molecule has 1 aromatic carbocycles. The molecular weight excluding hydrogens is 274 g/mol. The summed E-state index contributed by atoms with van der Waals surface area (Å²) in [5.41, 5.74) is 4.41. The van der Waals surface area contributed by atoms with Crippen LogP contribution in [0.3, 0.4) is 0 Å². The van der Waals surface area contributed by atoms with Crippen molar-refractivity contribution in [3.63, 3.8) is 0 Å². The summed E-state index contributed by atoms with van der Waals surface area (Å²) in [7, 11) is 0. The van der Waals surface area contributed by atoms with Gasteiger partial charge in [-0.1, -0.05) is 17.7 Å². The molecule has 1 N–H and O–H groups in total. The molecule has 2 rings (SSSR count). The molecule has 0 aliphatic heterocycles. The van der Waals surface area contributed by atoms with Gasteiger partial charge in [-0.3, -0.25) is 4.79 Å². The molecule has 4 heteroatoms. The summed E-state index contributed by atoms with van der Waals surface area (Å²) in [5.74, 6) is 0.707. The Hall–Kier alpha value is -1.74. The second-order valence-electron chi connectivity index (χ2n) is 4.76. The minimum atomic E-state index is 0.0480. The second-order valence-corrected chi connectivity index (χ2v) is 5.17. The zero-order valence-corrected chi connectivity index (χ0v) is 12.9. The highest BCUT2D eigenvalue weighted by molar-refractivity contribution is 6.32. The number of ketones is 1. The van der Waals surface area contributed by atoms with E-state index in [0.717, 1.165) is 28.1 Å².